The number of hydrogen-bond acceptors (Lipinski definition) is 1. The second kappa shape index (κ2) is 7.26. The predicted octanol–water partition coefficient (Wildman–Crippen LogP) is 5.65. The molecular formula is C17H19BrClN. The average Bonchev–Trinajstić information content (AvgIpc) is 2.45. The van der Waals surface area contributed by atoms with Crippen molar-refractivity contribution in [2.45, 2.75) is 32.9 Å². The van der Waals surface area contributed by atoms with Crippen molar-refractivity contribution in [3.05, 3.63) is 68.7 Å². The van der Waals surface area contributed by atoms with Crippen molar-refractivity contribution in [1.29, 1.82) is 0 Å². The minimum atomic E-state index is 0.354. The van der Waals surface area contributed by atoms with Gasteiger partial charge in [-0.15, -0.1) is 0 Å². The summed E-state index contributed by atoms with van der Waals surface area (Å²) in [5.74, 6) is 0. The number of hydrogen-bond donors (Lipinski definition) is 1. The Labute approximate surface area is 134 Å². The zero-order valence-electron chi connectivity index (χ0n) is 11.8. The van der Waals surface area contributed by atoms with E-state index in [-0.39, 0.29) is 0 Å². The summed E-state index contributed by atoms with van der Waals surface area (Å²) in [6.07, 6.45) is 1.05. The van der Waals surface area contributed by atoms with Crippen molar-refractivity contribution in [2.24, 2.45) is 0 Å². The number of halogens is 2. The van der Waals surface area contributed by atoms with E-state index < -0.39 is 0 Å². The molecule has 1 unspecified atom stereocenters. The Morgan fingerprint density at radius 3 is 2.45 bits per heavy atom. The fourth-order valence-electron chi connectivity index (χ4n) is 2.18. The molecule has 0 heterocycles. The first-order valence-electron chi connectivity index (χ1n) is 6.84. The standard InChI is InChI=1S/C17H19BrClN/c1-3-17(14-6-8-15(19)9-7-14)20-11-13-5-4-12(2)16(18)10-13/h4-10,17,20H,3,11H2,1-2H3. The molecule has 106 valence electrons. The zero-order chi connectivity index (χ0) is 14.5. The van der Waals surface area contributed by atoms with Crippen molar-refractivity contribution in [1.82, 2.24) is 5.32 Å². The van der Waals surface area contributed by atoms with Gasteiger partial charge < -0.3 is 5.32 Å². The first-order chi connectivity index (χ1) is 9.60. The Balaban J connectivity index is 2.03. The van der Waals surface area contributed by atoms with E-state index >= 15 is 0 Å². The molecule has 2 rings (SSSR count). The topological polar surface area (TPSA) is 12.0 Å². The van der Waals surface area contributed by atoms with Crippen LogP contribution in [-0.2, 0) is 6.54 Å². The van der Waals surface area contributed by atoms with Gasteiger partial charge in [0.05, 0.1) is 0 Å². The fraction of sp³-hybridized carbons (Fsp3) is 0.294. The Bertz CT molecular complexity index is 566. The molecule has 0 saturated heterocycles. The highest BCUT2D eigenvalue weighted by Gasteiger charge is 2.08. The van der Waals surface area contributed by atoms with Crippen LogP contribution in [0, 0.1) is 6.92 Å². The highest BCUT2D eigenvalue weighted by atomic mass is 79.9. The summed E-state index contributed by atoms with van der Waals surface area (Å²) < 4.78 is 1.16. The molecule has 0 saturated carbocycles. The number of nitrogens with one attached hydrogen (secondary N) is 1. The number of benzene rings is 2. The first kappa shape index (κ1) is 15.6. The second-order valence-electron chi connectivity index (χ2n) is 4.98. The molecule has 20 heavy (non-hydrogen) atoms. The van der Waals surface area contributed by atoms with E-state index in [1.165, 1.54) is 16.7 Å². The van der Waals surface area contributed by atoms with Gasteiger partial charge in [0.1, 0.15) is 0 Å². The quantitative estimate of drug-likeness (QED) is 0.733. The summed E-state index contributed by atoms with van der Waals surface area (Å²) in [6.45, 7) is 5.15. The van der Waals surface area contributed by atoms with Crippen LogP contribution >= 0.6 is 27.5 Å². The molecule has 0 aliphatic rings. The van der Waals surface area contributed by atoms with Crippen LogP contribution in [0.25, 0.3) is 0 Å². The SMILES string of the molecule is CCC(NCc1ccc(C)c(Br)c1)c1ccc(Cl)cc1. The molecule has 0 spiro atoms. The predicted molar refractivity (Wildman–Crippen MR) is 90.2 cm³/mol. The van der Waals surface area contributed by atoms with Gasteiger partial charge in [-0.2, -0.15) is 0 Å². The number of rotatable bonds is 5. The largest absolute Gasteiger partial charge is 0.306 e. The van der Waals surface area contributed by atoms with Gasteiger partial charge in [-0.05, 0) is 48.2 Å². The Morgan fingerprint density at radius 1 is 1.15 bits per heavy atom. The fourth-order valence-corrected chi connectivity index (χ4v) is 2.73. The molecule has 0 aliphatic carbocycles. The van der Waals surface area contributed by atoms with Crippen LogP contribution in [0.2, 0.25) is 5.02 Å². The molecule has 2 aromatic rings. The molecule has 1 atom stereocenters. The Hall–Kier alpha value is -0.830. The lowest BCUT2D eigenvalue weighted by Crippen LogP contribution is -2.20. The van der Waals surface area contributed by atoms with E-state index in [2.05, 4.69) is 65.4 Å². The van der Waals surface area contributed by atoms with Crippen LogP contribution < -0.4 is 5.32 Å². The van der Waals surface area contributed by atoms with Crippen LogP contribution in [0.3, 0.4) is 0 Å². The third-order valence-electron chi connectivity index (χ3n) is 3.47. The third kappa shape index (κ3) is 4.08. The van der Waals surface area contributed by atoms with Gasteiger partial charge in [-0.25, -0.2) is 0 Å². The normalized spacial score (nSPS) is 12.4. The Morgan fingerprint density at radius 2 is 1.85 bits per heavy atom. The van der Waals surface area contributed by atoms with E-state index in [0.717, 1.165) is 22.5 Å². The smallest absolute Gasteiger partial charge is 0.0406 e. The molecule has 0 fully saturated rings. The molecule has 3 heteroatoms. The maximum atomic E-state index is 5.94. The third-order valence-corrected chi connectivity index (χ3v) is 4.58. The zero-order valence-corrected chi connectivity index (χ0v) is 14.1. The van der Waals surface area contributed by atoms with Crippen molar-refractivity contribution < 1.29 is 0 Å². The lowest BCUT2D eigenvalue weighted by atomic mass is 10.0. The van der Waals surface area contributed by atoms with Crippen LogP contribution in [0.1, 0.15) is 36.1 Å². The molecule has 1 nitrogen and oxygen atoms in total. The highest BCUT2D eigenvalue weighted by molar-refractivity contribution is 9.10. The van der Waals surface area contributed by atoms with E-state index in [4.69, 9.17) is 11.6 Å². The van der Waals surface area contributed by atoms with Crippen LogP contribution in [-0.4, -0.2) is 0 Å². The van der Waals surface area contributed by atoms with Crippen LogP contribution in [0.15, 0.2) is 46.9 Å². The van der Waals surface area contributed by atoms with Crippen molar-refractivity contribution in [3.63, 3.8) is 0 Å². The van der Waals surface area contributed by atoms with Gasteiger partial charge in [0.2, 0.25) is 0 Å². The summed E-state index contributed by atoms with van der Waals surface area (Å²) in [7, 11) is 0. The van der Waals surface area contributed by atoms with Gasteiger partial charge in [-0.3, -0.25) is 0 Å². The van der Waals surface area contributed by atoms with Crippen molar-refractivity contribution >= 4 is 27.5 Å². The second-order valence-corrected chi connectivity index (χ2v) is 6.27. The molecule has 0 aliphatic heterocycles. The monoisotopic (exact) mass is 351 g/mol. The summed E-state index contributed by atoms with van der Waals surface area (Å²) in [4.78, 5) is 0. The maximum absolute atomic E-state index is 5.94. The summed E-state index contributed by atoms with van der Waals surface area (Å²) >= 11 is 9.52. The van der Waals surface area contributed by atoms with Gasteiger partial charge in [-0.1, -0.05) is 58.7 Å². The van der Waals surface area contributed by atoms with E-state index in [1.807, 2.05) is 12.1 Å². The lowest BCUT2D eigenvalue weighted by molar-refractivity contribution is 0.519. The lowest BCUT2D eigenvalue weighted by Gasteiger charge is -2.18. The summed E-state index contributed by atoms with van der Waals surface area (Å²) in [5.41, 5.74) is 3.83. The van der Waals surface area contributed by atoms with Gasteiger partial charge >= 0.3 is 0 Å². The molecule has 0 aromatic heterocycles. The number of aryl methyl sites for hydroxylation is 1. The maximum Gasteiger partial charge on any atom is 0.0406 e. The Kier molecular flexibility index (Phi) is 5.64. The highest BCUT2D eigenvalue weighted by Crippen LogP contribution is 2.21. The van der Waals surface area contributed by atoms with Gasteiger partial charge in [0.25, 0.3) is 0 Å². The van der Waals surface area contributed by atoms with E-state index in [1.54, 1.807) is 0 Å². The molecule has 2 aromatic carbocycles. The molecule has 1 N–H and O–H groups in total. The molecule has 0 amide bonds. The minimum Gasteiger partial charge on any atom is -0.306 e. The van der Waals surface area contributed by atoms with Gasteiger partial charge in [0, 0.05) is 22.1 Å². The van der Waals surface area contributed by atoms with Crippen molar-refractivity contribution in [2.75, 3.05) is 0 Å². The van der Waals surface area contributed by atoms with E-state index in [0.29, 0.717) is 6.04 Å². The summed E-state index contributed by atoms with van der Waals surface area (Å²) in [5, 5.41) is 4.39. The van der Waals surface area contributed by atoms with E-state index in [9.17, 15) is 0 Å². The first-order valence-corrected chi connectivity index (χ1v) is 8.01. The minimum absolute atomic E-state index is 0.354. The van der Waals surface area contributed by atoms with Crippen molar-refractivity contribution in [3.8, 4) is 0 Å². The molecule has 0 bridgehead atoms. The van der Waals surface area contributed by atoms with Crippen LogP contribution in [0.5, 0.6) is 0 Å². The average molecular weight is 353 g/mol. The van der Waals surface area contributed by atoms with Gasteiger partial charge in [0.15, 0.2) is 0 Å². The van der Waals surface area contributed by atoms with Crippen LogP contribution in [0.4, 0.5) is 0 Å². The molecule has 0 radical (unpaired) electrons. The molecular weight excluding hydrogens is 334 g/mol. The summed E-state index contributed by atoms with van der Waals surface area (Å²) in [6, 6.07) is 14.9.